The zero-order valence-corrected chi connectivity index (χ0v) is 12.9. The van der Waals surface area contributed by atoms with Crippen molar-refractivity contribution >= 4 is 9.84 Å². The van der Waals surface area contributed by atoms with Crippen LogP contribution in [0.4, 0.5) is 0 Å². The number of rotatable bonds is 2. The molecule has 4 heteroatoms. The number of sulfone groups is 1. The molecule has 1 heterocycles. The molecule has 3 unspecified atom stereocenters. The Morgan fingerprint density at radius 1 is 1.17 bits per heavy atom. The summed E-state index contributed by atoms with van der Waals surface area (Å²) in [4.78, 5) is 0. The fourth-order valence-electron chi connectivity index (χ4n) is 3.73. The third-order valence-electron chi connectivity index (χ3n) is 4.73. The van der Waals surface area contributed by atoms with Crippen molar-refractivity contribution in [1.29, 1.82) is 0 Å². The average molecular weight is 273 g/mol. The van der Waals surface area contributed by atoms with E-state index in [0.29, 0.717) is 28.9 Å². The van der Waals surface area contributed by atoms with Crippen molar-refractivity contribution in [2.45, 2.75) is 65.0 Å². The summed E-state index contributed by atoms with van der Waals surface area (Å²) in [5.74, 6) is 1.30. The first kappa shape index (κ1) is 14.3. The number of nitrogens with one attached hydrogen (secondary N) is 1. The van der Waals surface area contributed by atoms with E-state index in [0.717, 1.165) is 6.42 Å². The highest BCUT2D eigenvalue weighted by molar-refractivity contribution is 7.91. The first-order valence-electron chi connectivity index (χ1n) is 7.09. The lowest BCUT2D eigenvalue weighted by Crippen LogP contribution is -2.53. The first-order valence-corrected chi connectivity index (χ1v) is 8.91. The van der Waals surface area contributed by atoms with Gasteiger partial charge in [0, 0.05) is 11.6 Å². The average Bonchev–Trinajstić information content (AvgIpc) is 2.45. The lowest BCUT2D eigenvalue weighted by molar-refractivity contribution is 0.130. The maximum Gasteiger partial charge on any atom is 0.152 e. The quantitative estimate of drug-likeness (QED) is 0.840. The largest absolute Gasteiger partial charge is 0.307 e. The monoisotopic (exact) mass is 273 g/mol. The molecule has 0 aromatic heterocycles. The first-order chi connectivity index (χ1) is 8.11. The van der Waals surface area contributed by atoms with Gasteiger partial charge in [0.1, 0.15) is 0 Å². The molecule has 1 saturated carbocycles. The standard InChI is InChI=1S/C14H27NO2S/c1-11-9-13(2,3)6-5-12(11)15-14(4)7-8-18(16,17)10-14/h11-12,15H,5-10H2,1-4H3. The molecule has 1 aliphatic carbocycles. The van der Waals surface area contributed by atoms with Crippen LogP contribution >= 0.6 is 0 Å². The molecular formula is C14H27NO2S. The second-order valence-electron chi connectivity index (χ2n) is 7.54. The molecule has 18 heavy (non-hydrogen) atoms. The minimum Gasteiger partial charge on any atom is -0.307 e. The van der Waals surface area contributed by atoms with Crippen LogP contribution in [0.1, 0.15) is 53.4 Å². The zero-order valence-electron chi connectivity index (χ0n) is 12.1. The van der Waals surface area contributed by atoms with Gasteiger partial charge in [0.25, 0.3) is 0 Å². The van der Waals surface area contributed by atoms with Crippen LogP contribution in [0.25, 0.3) is 0 Å². The van der Waals surface area contributed by atoms with Gasteiger partial charge in [0.2, 0.25) is 0 Å². The Morgan fingerprint density at radius 2 is 1.83 bits per heavy atom. The third-order valence-corrected chi connectivity index (χ3v) is 6.63. The van der Waals surface area contributed by atoms with Crippen LogP contribution in [-0.4, -0.2) is 31.5 Å². The van der Waals surface area contributed by atoms with Crippen LogP contribution in [0.5, 0.6) is 0 Å². The van der Waals surface area contributed by atoms with Crippen LogP contribution in [0.2, 0.25) is 0 Å². The summed E-state index contributed by atoms with van der Waals surface area (Å²) in [7, 11) is -2.81. The molecule has 2 aliphatic rings. The molecule has 3 atom stereocenters. The Labute approximate surface area is 112 Å². The molecule has 1 saturated heterocycles. The van der Waals surface area contributed by atoms with Crippen molar-refractivity contribution in [3.05, 3.63) is 0 Å². The predicted octanol–water partition coefficient (Wildman–Crippen LogP) is 2.37. The molecule has 0 spiro atoms. The van der Waals surface area contributed by atoms with E-state index in [9.17, 15) is 8.42 Å². The summed E-state index contributed by atoms with van der Waals surface area (Å²) in [5.41, 5.74) is 0.250. The smallest absolute Gasteiger partial charge is 0.152 e. The summed E-state index contributed by atoms with van der Waals surface area (Å²) in [6.07, 6.45) is 4.40. The van der Waals surface area contributed by atoms with E-state index in [1.54, 1.807) is 0 Å². The van der Waals surface area contributed by atoms with Crippen molar-refractivity contribution in [2.75, 3.05) is 11.5 Å². The van der Waals surface area contributed by atoms with E-state index in [4.69, 9.17) is 0 Å². The van der Waals surface area contributed by atoms with Gasteiger partial charge >= 0.3 is 0 Å². The topological polar surface area (TPSA) is 46.2 Å². The minimum atomic E-state index is -2.81. The molecule has 1 N–H and O–H groups in total. The van der Waals surface area contributed by atoms with E-state index >= 15 is 0 Å². The fraction of sp³-hybridized carbons (Fsp3) is 1.00. The van der Waals surface area contributed by atoms with E-state index in [-0.39, 0.29) is 5.54 Å². The molecule has 0 aromatic carbocycles. The van der Waals surface area contributed by atoms with Gasteiger partial charge in [-0.05, 0) is 43.9 Å². The zero-order chi connectivity index (χ0) is 13.6. The highest BCUT2D eigenvalue weighted by Gasteiger charge is 2.42. The van der Waals surface area contributed by atoms with E-state index < -0.39 is 9.84 Å². The van der Waals surface area contributed by atoms with Crippen molar-refractivity contribution < 1.29 is 8.42 Å². The van der Waals surface area contributed by atoms with Gasteiger partial charge in [-0.2, -0.15) is 0 Å². The minimum absolute atomic E-state index is 0.195. The molecule has 0 radical (unpaired) electrons. The van der Waals surface area contributed by atoms with Gasteiger partial charge < -0.3 is 5.32 Å². The van der Waals surface area contributed by atoms with Crippen molar-refractivity contribution in [1.82, 2.24) is 5.32 Å². The Morgan fingerprint density at radius 3 is 2.33 bits per heavy atom. The van der Waals surface area contributed by atoms with E-state index in [2.05, 4.69) is 33.0 Å². The summed E-state index contributed by atoms with van der Waals surface area (Å²) < 4.78 is 23.3. The summed E-state index contributed by atoms with van der Waals surface area (Å²) >= 11 is 0. The highest BCUT2D eigenvalue weighted by atomic mass is 32.2. The molecule has 3 nitrogen and oxygen atoms in total. The molecule has 2 fully saturated rings. The van der Waals surface area contributed by atoms with Gasteiger partial charge in [-0.25, -0.2) is 8.42 Å². The van der Waals surface area contributed by atoms with Crippen molar-refractivity contribution in [3.63, 3.8) is 0 Å². The van der Waals surface area contributed by atoms with Crippen molar-refractivity contribution in [2.24, 2.45) is 11.3 Å². The second-order valence-corrected chi connectivity index (χ2v) is 9.72. The van der Waals surface area contributed by atoms with Crippen molar-refractivity contribution in [3.8, 4) is 0 Å². The lowest BCUT2D eigenvalue weighted by atomic mass is 9.70. The molecule has 0 aromatic rings. The lowest BCUT2D eigenvalue weighted by Gasteiger charge is -2.43. The number of hydrogen-bond acceptors (Lipinski definition) is 3. The summed E-state index contributed by atoms with van der Waals surface area (Å²) in [6.45, 7) is 9.04. The van der Waals surface area contributed by atoms with Crippen LogP contribution in [0, 0.1) is 11.3 Å². The maximum absolute atomic E-state index is 11.6. The summed E-state index contributed by atoms with van der Waals surface area (Å²) in [5, 5.41) is 3.66. The highest BCUT2D eigenvalue weighted by Crippen LogP contribution is 2.39. The predicted molar refractivity (Wildman–Crippen MR) is 75.4 cm³/mol. The molecule has 106 valence electrons. The van der Waals surface area contributed by atoms with Crippen LogP contribution in [-0.2, 0) is 9.84 Å². The Kier molecular flexibility index (Phi) is 3.56. The van der Waals surface area contributed by atoms with Crippen LogP contribution < -0.4 is 5.32 Å². The second kappa shape index (κ2) is 4.48. The van der Waals surface area contributed by atoms with Gasteiger partial charge in [-0.15, -0.1) is 0 Å². The summed E-state index contributed by atoms with van der Waals surface area (Å²) in [6, 6.07) is 0.483. The SMILES string of the molecule is CC1CC(C)(C)CCC1NC1(C)CCS(=O)(=O)C1. The molecule has 0 bridgehead atoms. The molecule has 1 aliphatic heterocycles. The molecule has 2 rings (SSSR count). The molecule has 0 amide bonds. The van der Waals surface area contributed by atoms with E-state index in [1.165, 1.54) is 19.3 Å². The Balaban J connectivity index is 1.99. The number of hydrogen-bond donors (Lipinski definition) is 1. The van der Waals surface area contributed by atoms with Crippen LogP contribution in [0.15, 0.2) is 0 Å². The van der Waals surface area contributed by atoms with Gasteiger partial charge in [-0.1, -0.05) is 20.8 Å². The van der Waals surface area contributed by atoms with E-state index in [1.807, 2.05) is 0 Å². The normalized spacial score (nSPS) is 42.9. The maximum atomic E-state index is 11.6. The fourth-order valence-corrected chi connectivity index (χ4v) is 5.84. The van der Waals surface area contributed by atoms with Gasteiger partial charge in [0.15, 0.2) is 9.84 Å². The van der Waals surface area contributed by atoms with Crippen LogP contribution in [0.3, 0.4) is 0 Å². The van der Waals surface area contributed by atoms with Gasteiger partial charge in [0.05, 0.1) is 11.5 Å². The molecular weight excluding hydrogens is 246 g/mol. The Hall–Kier alpha value is -0.0900. The van der Waals surface area contributed by atoms with Gasteiger partial charge in [-0.3, -0.25) is 0 Å². The third kappa shape index (κ3) is 3.27. The Bertz CT molecular complexity index is 416.